The van der Waals surface area contributed by atoms with Gasteiger partial charge in [-0.25, -0.2) is 0 Å². The van der Waals surface area contributed by atoms with Crippen LogP contribution in [0.15, 0.2) is 0 Å². The minimum Gasteiger partial charge on any atom is -0.311 e. The molecule has 0 radical (unpaired) electrons. The fourth-order valence-electron chi connectivity index (χ4n) is 2.44. The molecule has 0 atom stereocenters. The highest BCUT2D eigenvalue weighted by molar-refractivity contribution is 6.16. The van der Waals surface area contributed by atoms with Crippen molar-refractivity contribution in [3.8, 4) is 0 Å². The van der Waals surface area contributed by atoms with Gasteiger partial charge < -0.3 is 4.57 Å². The Morgan fingerprint density at radius 2 is 1.72 bits per heavy atom. The summed E-state index contributed by atoms with van der Waals surface area (Å²) < 4.78 is 2.29. The minimum absolute atomic E-state index is 0.486. The highest BCUT2D eigenvalue weighted by Gasteiger charge is 2.28. The molecule has 1 aliphatic carbocycles. The molecule has 4 heteroatoms. The third kappa shape index (κ3) is 3.71. The lowest BCUT2D eigenvalue weighted by Crippen LogP contribution is -2.05. The Bertz CT molecular complexity index is 358. The predicted octanol–water partition coefficient (Wildman–Crippen LogP) is 4.25. The lowest BCUT2D eigenvalue weighted by Gasteiger charge is -2.07. The number of rotatable bonds is 9. The van der Waals surface area contributed by atoms with E-state index in [1.807, 2.05) is 0 Å². The summed E-state index contributed by atoms with van der Waals surface area (Å²) >= 11 is 5.91. The lowest BCUT2D eigenvalue weighted by molar-refractivity contribution is 0.581. The van der Waals surface area contributed by atoms with Crippen LogP contribution in [0.1, 0.15) is 76.0 Å². The van der Waals surface area contributed by atoms with Gasteiger partial charge in [-0.3, -0.25) is 0 Å². The van der Waals surface area contributed by atoms with Crippen molar-refractivity contribution in [3.63, 3.8) is 0 Å². The molecule has 0 amide bonds. The fraction of sp³-hybridized carbons (Fsp3) is 0.857. The van der Waals surface area contributed by atoms with E-state index >= 15 is 0 Å². The molecule has 0 aliphatic heterocycles. The smallest absolute Gasteiger partial charge is 0.148 e. The van der Waals surface area contributed by atoms with Crippen LogP contribution in [0.25, 0.3) is 0 Å². The Balaban J connectivity index is 1.76. The van der Waals surface area contributed by atoms with Gasteiger partial charge in [0, 0.05) is 12.5 Å². The lowest BCUT2D eigenvalue weighted by atomic mass is 10.1. The average molecular weight is 270 g/mol. The molecule has 1 aromatic heterocycles. The maximum Gasteiger partial charge on any atom is 0.148 e. The Kier molecular flexibility index (Phi) is 5.48. The molecule has 1 aromatic rings. The Morgan fingerprint density at radius 3 is 2.39 bits per heavy atom. The second-order valence-electron chi connectivity index (χ2n) is 5.29. The van der Waals surface area contributed by atoms with Crippen LogP contribution < -0.4 is 0 Å². The molecule has 0 saturated heterocycles. The van der Waals surface area contributed by atoms with Crippen LogP contribution >= 0.6 is 11.6 Å². The molecule has 102 valence electrons. The highest BCUT2D eigenvalue weighted by atomic mass is 35.5. The van der Waals surface area contributed by atoms with Gasteiger partial charge in [0.1, 0.15) is 11.6 Å². The first-order valence-corrected chi connectivity index (χ1v) is 7.89. The van der Waals surface area contributed by atoms with E-state index in [-0.39, 0.29) is 0 Å². The van der Waals surface area contributed by atoms with Crippen LogP contribution in [0.4, 0.5) is 0 Å². The molecule has 0 spiro atoms. The van der Waals surface area contributed by atoms with Gasteiger partial charge in [0.2, 0.25) is 0 Å². The van der Waals surface area contributed by atoms with E-state index in [0.717, 1.165) is 18.1 Å². The highest BCUT2D eigenvalue weighted by Crippen LogP contribution is 2.37. The van der Waals surface area contributed by atoms with Crippen molar-refractivity contribution < 1.29 is 0 Å². The van der Waals surface area contributed by atoms with Crippen molar-refractivity contribution in [3.05, 3.63) is 11.6 Å². The molecule has 2 rings (SSSR count). The first-order chi connectivity index (χ1) is 8.86. The number of nitrogens with zero attached hydrogens (tertiary/aromatic N) is 3. The molecule has 0 bridgehead atoms. The van der Waals surface area contributed by atoms with Crippen molar-refractivity contribution in [2.24, 2.45) is 0 Å². The van der Waals surface area contributed by atoms with Gasteiger partial charge in [0.15, 0.2) is 0 Å². The van der Waals surface area contributed by atoms with Crippen LogP contribution in [0, 0.1) is 0 Å². The van der Waals surface area contributed by atoms with Crippen molar-refractivity contribution in [1.29, 1.82) is 0 Å². The van der Waals surface area contributed by atoms with Gasteiger partial charge >= 0.3 is 0 Å². The van der Waals surface area contributed by atoms with E-state index in [0.29, 0.717) is 11.9 Å². The molecule has 1 fully saturated rings. The summed E-state index contributed by atoms with van der Waals surface area (Å²) in [4.78, 5) is 0. The van der Waals surface area contributed by atoms with Crippen molar-refractivity contribution in [1.82, 2.24) is 14.8 Å². The largest absolute Gasteiger partial charge is 0.311 e. The number of halogens is 1. The Hall–Kier alpha value is -0.570. The molecular weight excluding hydrogens is 246 g/mol. The molecule has 0 aromatic carbocycles. The number of aromatic nitrogens is 3. The van der Waals surface area contributed by atoms with Gasteiger partial charge in [-0.15, -0.1) is 21.8 Å². The van der Waals surface area contributed by atoms with Gasteiger partial charge in [0.25, 0.3) is 0 Å². The summed E-state index contributed by atoms with van der Waals surface area (Å²) in [6, 6.07) is 0.642. The fourth-order valence-corrected chi connectivity index (χ4v) is 2.62. The summed E-state index contributed by atoms with van der Waals surface area (Å²) in [6.07, 6.45) is 11.6. The van der Waals surface area contributed by atoms with Crippen molar-refractivity contribution in [2.45, 2.75) is 76.6 Å². The Morgan fingerprint density at radius 1 is 1.06 bits per heavy atom. The van der Waals surface area contributed by atoms with Crippen molar-refractivity contribution in [2.75, 3.05) is 0 Å². The zero-order valence-electron chi connectivity index (χ0n) is 11.4. The van der Waals surface area contributed by atoms with Crippen molar-refractivity contribution >= 4 is 11.6 Å². The van der Waals surface area contributed by atoms with Crippen LogP contribution in [-0.2, 0) is 12.3 Å². The number of hydrogen-bond acceptors (Lipinski definition) is 2. The molecule has 0 N–H and O–H groups in total. The molecule has 18 heavy (non-hydrogen) atoms. The van der Waals surface area contributed by atoms with Crippen LogP contribution in [0.5, 0.6) is 0 Å². The molecule has 1 saturated carbocycles. The Labute approximate surface area is 115 Å². The van der Waals surface area contributed by atoms with Gasteiger partial charge in [0.05, 0.1) is 5.88 Å². The number of aryl methyl sites for hydroxylation is 1. The second kappa shape index (κ2) is 7.13. The third-order valence-corrected chi connectivity index (χ3v) is 3.86. The summed E-state index contributed by atoms with van der Waals surface area (Å²) in [6.45, 7) is 2.26. The van der Waals surface area contributed by atoms with Gasteiger partial charge in [-0.05, 0) is 19.3 Å². The first kappa shape index (κ1) is 13.9. The molecule has 1 aliphatic rings. The zero-order valence-corrected chi connectivity index (χ0v) is 12.1. The van der Waals surface area contributed by atoms with E-state index in [4.69, 9.17) is 11.6 Å². The van der Waals surface area contributed by atoms with Crippen LogP contribution in [-0.4, -0.2) is 14.8 Å². The predicted molar refractivity (Wildman–Crippen MR) is 74.9 cm³/mol. The first-order valence-electron chi connectivity index (χ1n) is 7.35. The van der Waals surface area contributed by atoms with E-state index < -0.39 is 0 Å². The number of alkyl halides is 1. The zero-order chi connectivity index (χ0) is 12.8. The third-order valence-electron chi connectivity index (χ3n) is 3.62. The molecular formula is C14H24ClN3. The van der Waals surface area contributed by atoms with Crippen LogP contribution in [0.2, 0.25) is 0 Å². The molecule has 1 heterocycles. The van der Waals surface area contributed by atoms with E-state index in [9.17, 15) is 0 Å². The number of hydrogen-bond donors (Lipinski definition) is 0. The topological polar surface area (TPSA) is 30.7 Å². The second-order valence-corrected chi connectivity index (χ2v) is 5.55. The minimum atomic E-state index is 0.486. The SMILES string of the molecule is CCCCCCCCc1nnc(CCl)n1C1CC1. The summed E-state index contributed by atoms with van der Waals surface area (Å²) in [5.41, 5.74) is 0. The monoisotopic (exact) mass is 269 g/mol. The van der Waals surface area contributed by atoms with Gasteiger partial charge in [-0.2, -0.15) is 0 Å². The quantitative estimate of drug-likeness (QED) is 0.495. The normalized spacial score (nSPS) is 15.2. The summed E-state index contributed by atoms with van der Waals surface area (Å²) in [7, 11) is 0. The summed E-state index contributed by atoms with van der Waals surface area (Å²) in [5.74, 6) is 2.60. The number of unbranched alkanes of at least 4 members (excludes halogenated alkanes) is 5. The molecule has 3 nitrogen and oxygen atoms in total. The molecule has 0 unspecified atom stereocenters. The standard InChI is InChI=1S/C14H24ClN3/c1-2-3-4-5-6-7-8-13-16-17-14(11-15)18(13)12-9-10-12/h12H,2-11H2,1H3. The maximum atomic E-state index is 5.91. The summed E-state index contributed by atoms with van der Waals surface area (Å²) in [5, 5.41) is 8.52. The maximum absolute atomic E-state index is 5.91. The average Bonchev–Trinajstić information content (AvgIpc) is 3.14. The van der Waals surface area contributed by atoms with Crippen LogP contribution in [0.3, 0.4) is 0 Å². The van der Waals surface area contributed by atoms with E-state index in [1.54, 1.807) is 0 Å². The van der Waals surface area contributed by atoms with E-state index in [1.165, 1.54) is 51.4 Å². The van der Waals surface area contributed by atoms with Gasteiger partial charge in [-0.1, -0.05) is 39.0 Å². The van der Waals surface area contributed by atoms with E-state index in [2.05, 4.69) is 21.7 Å².